The number of fused-ring (bicyclic) bond motifs is 15. The quantitative estimate of drug-likeness (QED) is 0.0302. The van der Waals surface area contributed by atoms with E-state index in [9.17, 15) is 39.7 Å². The number of methoxy groups -OCH3 is 1. The number of thiazole rings is 5. The van der Waals surface area contributed by atoms with Crippen LogP contribution in [0.2, 0.25) is 0 Å². The number of hydrogen-bond acceptors (Lipinski definition) is 32. The third-order valence-corrected chi connectivity index (χ3v) is 22.6. The maximum absolute atomic E-state index is 15.2. The van der Waals surface area contributed by atoms with Crippen LogP contribution in [0.25, 0.3) is 49.3 Å². The van der Waals surface area contributed by atoms with E-state index in [2.05, 4.69) is 51.8 Å². The van der Waals surface area contributed by atoms with E-state index in [4.69, 9.17) is 49.1 Å². The summed E-state index contributed by atoms with van der Waals surface area (Å²) < 4.78 is 40.2. The van der Waals surface area contributed by atoms with Crippen LogP contribution in [0.4, 0.5) is 0 Å². The predicted octanol–water partition coefficient (Wildman–Crippen LogP) is 3.62. The SMILES string of the molecule is COC(C)=C1NC(=O)C([C@@H](C)O)NC(=O)c2csc(n2)-c2cc(O)c(-c3nc(C(=O)NC(CNCCCn4ccnc4)C(N)=O)cs3)nc2-c2csc(n2)[C@@H]2COC(=O)c3c4c5c(cccc5n3O)COC(=O)[C@@H](O[C@H]3C[C@](C)(O)[C@H](N(C)C)[C@H](C)O3)[C@H](OC4)[C@H](NC(=O)c3csc1n3)c1nc(cs1)C(=O)N2. The first-order chi connectivity index (χ1) is 51.2. The number of imidazole rings is 1. The fourth-order valence-corrected chi connectivity index (χ4v) is 17.2. The molecule has 35 nitrogen and oxygen atoms in total. The van der Waals surface area contributed by atoms with Gasteiger partial charge in [-0.05, 0) is 72.5 Å². The Morgan fingerprint density at radius 3 is 2.30 bits per heavy atom. The second-order valence-corrected chi connectivity index (χ2v) is 30.2. The molecular formula is C67H71N17O18S5. The normalized spacial score (nSPS) is 23.3. The fourth-order valence-electron chi connectivity index (χ4n) is 13.0. The molecule has 6 amide bonds. The first-order valence-corrected chi connectivity index (χ1v) is 37.6. The number of carbonyl (C=O) groups is 8. The minimum Gasteiger partial charge on any atom is -0.506 e. The van der Waals surface area contributed by atoms with Crippen molar-refractivity contribution < 1.29 is 87.3 Å². The number of aliphatic hydroxyl groups is 2. The summed E-state index contributed by atoms with van der Waals surface area (Å²) in [7, 11) is 4.84. The molecule has 4 aliphatic heterocycles. The van der Waals surface area contributed by atoms with Gasteiger partial charge in [0, 0.05) is 75.3 Å². The molecule has 0 radical (unpaired) electrons. The summed E-state index contributed by atoms with van der Waals surface area (Å²) in [6.07, 6.45) is -1.76. The van der Waals surface area contributed by atoms with E-state index in [-0.39, 0.29) is 111 Å². The zero-order chi connectivity index (χ0) is 75.9. The zero-order valence-corrected chi connectivity index (χ0v) is 62.0. The topological polar surface area (TPSA) is 474 Å². The molecule has 0 saturated carbocycles. The molecule has 1 fully saturated rings. The maximum atomic E-state index is 15.2. The van der Waals surface area contributed by atoms with Crippen molar-refractivity contribution in [1.82, 2.24) is 81.0 Å². The summed E-state index contributed by atoms with van der Waals surface area (Å²) in [5, 5.41) is 71.4. The van der Waals surface area contributed by atoms with Crippen LogP contribution in [0.1, 0.15) is 131 Å². The molecule has 13 rings (SSSR count). The van der Waals surface area contributed by atoms with E-state index < -0.39 is 145 Å². The minimum absolute atomic E-state index is 0.00458. The molecule has 2 unspecified atom stereocenters. The van der Waals surface area contributed by atoms with Crippen LogP contribution < -0.4 is 37.6 Å². The number of nitrogens with one attached hydrogen (secondary N) is 6. The number of benzene rings is 1. The molecule has 12 N–H and O–H groups in total. The first-order valence-electron chi connectivity index (χ1n) is 33.2. The standard InChI is InChI=1S/C67H71N17O18S5/c1-28(85)45-59(92)80-46(29(2)97-7)62-75-40(26-105-62)58(91)81-49-51-52(102-43-17-67(4,95)53(82(5)6)30(3)101-43)66(94)99-19-31-10-8-11-41-44(31)33(20-98-51)50(84(41)96)65(93)100-21-35(72-56(89)38-25-107-64(49)77-38)61-73-36(22-104-61)47-32(60-74-39(23-103-60)57(90)79-45)16-42(86)48(78-47)63-76-37(24-106-63)55(88)71-34(54(68)87)18-69-12-9-14-83-15-13-70-27-83/h8,10-11,13,15-16,22-28,30,34-35,43,45,49,51-53,69,85-86,95-96H,9,12,14,17-21H2,1-7H3,(H2,68,87)(H,71,88)(H,72,89)(H,79,90)(H,80,92)(H,81,91)/t28-,30+,34?,35+,43+,45?,49+,51-,52+,53-,67+/m1/s1. The molecule has 1 saturated heterocycles. The number of likely N-dealkylation sites (N-methyl/N-ethyl adjacent to an activating group) is 1. The number of aromatic nitrogens is 9. The average molecular weight is 1560 g/mol. The molecule has 1 aromatic carbocycles. The molecule has 11 atom stereocenters. The van der Waals surface area contributed by atoms with Gasteiger partial charge < -0.3 is 96.0 Å². The van der Waals surface area contributed by atoms with Gasteiger partial charge in [-0.25, -0.2) is 44.5 Å². The Morgan fingerprint density at radius 2 is 1.57 bits per heavy atom. The van der Waals surface area contributed by atoms with Crippen LogP contribution in [-0.2, 0) is 62.6 Å². The molecule has 12 heterocycles. The number of aliphatic hydroxyl groups excluding tert-OH is 1. The van der Waals surface area contributed by atoms with Crippen molar-refractivity contribution in [3.8, 4) is 38.4 Å². The van der Waals surface area contributed by atoms with Gasteiger partial charge in [0.1, 0.15) is 126 Å². The van der Waals surface area contributed by atoms with Crippen LogP contribution in [0.5, 0.6) is 5.75 Å². The number of cyclic esters (lactones) is 2. The second-order valence-electron chi connectivity index (χ2n) is 25.8. The van der Waals surface area contributed by atoms with Gasteiger partial charge in [0.15, 0.2) is 18.1 Å². The Balaban J connectivity index is 0.936. The average Bonchev–Trinajstić information content (AvgIpc) is 1.58. The highest BCUT2D eigenvalue weighted by molar-refractivity contribution is 7.14. The number of primary amides is 1. The van der Waals surface area contributed by atoms with Gasteiger partial charge in [-0.2, -0.15) is 4.73 Å². The van der Waals surface area contributed by atoms with E-state index in [0.29, 0.717) is 29.8 Å². The number of nitrogens with zero attached hydrogens (tertiary/aromatic N) is 10. The number of nitrogens with two attached hydrogens (primary N) is 1. The molecular weight excluding hydrogens is 1490 g/mol. The third kappa shape index (κ3) is 15.7. The molecule has 8 aromatic heterocycles. The lowest BCUT2D eigenvalue weighted by atomic mass is 9.85. The molecule has 12 bridgehead atoms. The number of amides is 6. The van der Waals surface area contributed by atoms with Crippen LogP contribution >= 0.6 is 56.7 Å². The van der Waals surface area contributed by atoms with Crippen molar-refractivity contribution in [2.24, 2.45) is 5.73 Å². The fraction of sp³-hybridized carbons (Fsp3) is 0.388. The van der Waals surface area contributed by atoms with Gasteiger partial charge in [-0.15, -0.1) is 56.7 Å². The maximum Gasteiger partial charge on any atom is 0.358 e. The number of pyridine rings is 1. The van der Waals surface area contributed by atoms with Crippen molar-refractivity contribution >= 4 is 121 Å². The number of hydrogen-bond donors (Lipinski definition) is 11. The van der Waals surface area contributed by atoms with Gasteiger partial charge in [-0.1, -0.05) is 12.1 Å². The molecule has 107 heavy (non-hydrogen) atoms. The van der Waals surface area contributed by atoms with Crippen LogP contribution in [0, 0.1) is 0 Å². The second kappa shape index (κ2) is 31.4. The van der Waals surface area contributed by atoms with Crippen molar-refractivity contribution in [3.63, 3.8) is 0 Å². The zero-order valence-electron chi connectivity index (χ0n) is 58.0. The van der Waals surface area contributed by atoms with Crippen molar-refractivity contribution in [3.05, 3.63) is 130 Å². The number of rotatable bonds is 15. The van der Waals surface area contributed by atoms with Crippen LogP contribution in [-0.4, -0.2) is 212 Å². The highest BCUT2D eigenvalue weighted by Crippen LogP contribution is 2.43. The number of ether oxygens (including phenoxy) is 6. The van der Waals surface area contributed by atoms with Gasteiger partial charge >= 0.3 is 11.9 Å². The van der Waals surface area contributed by atoms with E-state index in [1.54, 1.807) is 57.5 Å². The lowest BCUT2D eigenvalue weighted by Crippen LogP contribution is -2.62. The van der Waals surface area contributed by atoms with Gasteiger partial charge in [0.05, 0.1) is 49.4 Å². The molecule has 562 valence electrons. The lowest BCUT2D eigenvalue weighted by molar-refractivity contribution is -0.280. The Bertz CT molecular complexity index is 4950. The van der Waals surface area contributed by atoms with Crippen molar-refractivity contribution in [2.45, 2.75) is 127 Å². The summed E-state index contributed by atoms with van der Waals surface area (Å²) in [5.41, 5.74) is 2.92. The number of allylic oxidation sites excluding steroid dienone is 1. The van der Waals surface area contributed by atoms with E-state index in [0.717, 1.165) is 56.7 Å². The Hall–Kier alpha value is -10.1. The number of carbonyl (C=O) groups excluding carboxylic acids is 8. The molecule has 40 heteroatoms. The van der Waals surface area contributed by atoms with Gasteiger partial charge in [0.25, 0.3) is 23.6 Å². The number of aryl methyl sites for hydroxylation is 1. The number of esters is 2. The van der Waals surface area contributed by atoms with Crippen LogP contribution in [0.3, 0.4) is 0 Å². The first kappa shape index (κ1) is 75.1. The Kier molecular flexibility index (Phi) is 22.0. The predicted molar refractivity (Wildman–Crippen MR) is 384 cm³/mol. The molecule has 4 aliphatic rings. The van der Waals surface area contributed by atoms with Gasteiger partial charge in [0.2, 0.25) is 11.8 Å². The smallest absolute Gasteiger partial charge is 0.358 e. The minimum atomic E-state index is -1.92. The third-order valence-electron chi connectivity index (χ3n) is 18.1. The van der Waals surface area contributed by atoms with E-state index in [1.807, 2.05) is 10.8 Å². The van der Waals surface area contributed by atoms with Gasteiger partial charge in [-0.3, -0.25) is 28.8 Å². The van der Waals surface area contributed by atoms with Crippen molar-refractivity contribution in [2.75, 3.05) is 40.9 Å². The lowest BCUT2D eigenvalue weighted by Gasteiger charge is -2.48. The van der Waals surface area contributed by atoms with E-state index in [1.165, 1.54) is 60.0 Å². The highest BCUT2D eigenvalue weighted by atomic mass is 32.1. The summed E-state index contributed by atoms with van der Waals surface area (Å²) in [4.78, 5) is 150. The summed E-state index contributed by atoms with van der Waals surface area (Å²) in [6, 6.07) is -0.520. The number of aromatic hydroxyl groups is 1. The van der Waals surface area contributed by atoms with Crippen LogP contribution in [0.15, 0.2) is 75.6 Å². The Morgan fingerprint density at radius 1 is 0.869 bits per heavy atom. The summed E-state index contributed by atoms with van der Waals surface area (Å²) in [6.45, 7) is 5.35. The van der Waals surface area contributed by atoms with E-state index >= 15 is 19.2 Å². The van der Waals surface area contributed by atoms with Crippen molar-refractivity contribution in [1.29, 1.82) is 0 Å². The summed E-state index contributed by atoms with van der Waals surface area (Å²) in [5.74, 6) is -8.01. The monoisotopic (exact) mass is 1560 g/mol. The molecule has 9 aromatic rings. The molecule has 0 aliphatic carbocycles. The largest absolute Gasteiger partial charge is 0.506 e. The molecule has 0 spiro atoms. The Labute approximate surface area is 627 Å². The highest BCUT2D eigenvalue weighted by Gasteiger charge is 2.50. The summed E-state index contributed by atoms with van der Waals surface area (Å²) >= 11 is 4.51.